The Morgan fingerprint density at radius 1 is 1.19 bits per heavy atom. The highest BCUT2D eigenvalue weighted by molar-refractivity contribution is 7.13. The van der Waals surface area contributed by atoms with Crippen molar-refractivity contribution < 1.29 is 13.2 Å². The maximum Gasteiger partial charge on any atom is 0.434 e. The first-order valence-electron chi connectivity index (χ1n) is 6.27. The predicted octanol–water partition coefficient (Wildman–Crippen LogP) is 3.86. The standard InChI is InChI=1S/C14H16F3N3S/c1-19(2)11-6-4-5-10(7-11)8-20(3)13-18-12(9-21-13)14(15,16)17/h4-7,9H,8H2,1-3H3. The number of benzene rings is 1. The fourth-order valence-corrected chi connectivity index (χ4v) is 2.64. The first-order chi connectivity index (χ1) is 9.77. The molecule has 1 heterocycles. The van der Waals surface area contributed by atoms with Gasteiger partial charge in [0.25, 0.3) is 0 Å². The number of halogens is 3. The minimum atomic E-state index is -4.39. The van der Waals surface area contributed by atoms with Crippen LogP contribution in [0.15, 0.2) is 29.6 Å². The molecule has 2 aromatic rings. The molecule has 0 N–H and O–H groups in total. The van der Waals surface area contributed by atoms with E-state index in [-0.39, 0.29) is 0 Å². The van der Waals surface area contributed by atoms with Gasteiger partial charge >= 0.3 is 6.18 Å². The van der Waals surface area contributed by atoms with Gasteiger partial charge in [-0.25, -0.2) is 4.98 Å². The zero-order valence-corrected chi connectivity index (χ0v) is 12.8. The lowest BCUT2D eigenvalue weighted by atomic mass is 10.2. The molecule has 0 amide bonds. The quantitative estimate of drug-likeness (QED) is 0.854. The molecule has 0 saturated heterocycles. The summed E-state index contributed by atoms with van der Waals surface area (Å²) in [6, 6.07) is 7.87. The average Bonchev–Trinajstić information content (AvgIpc) is 2.88. The summed E-state index contributed by atoms with van der Waals surface area (Å²) in [5, 5.41) is 1.40. The number of nitrogens with zero attached hydrogens (tertiary/aromatic N) is 3. The molecule has 0 aliphatic carbocycles. The lowest BCUT2D eigenvalue weighted by Crippen LogP contribution is -2.17. The van der Waals surface area contributed by atoms with Crippen LogP contribution in [0.4, 0.5) is 24.0 Å². The van der Waals surface area contributed by atoms with Gasteiger partial charge in [0.15, 0.2) is 10.8 Å². The lowest BCUT2D eigenvalue weighted by molar-refractivity contribution is -0.140. The molecule has 0 aliphatic rings. The van der Waals surface area contributed by atoms with E-state index in [1.165, 1.54) is 0 Å². The first-order valence-corrected chi connectivity index (χ1v) is 7.15. The van der Waals surface area contributed by atoms with Crippen molar-refractivity contribution in [1.82, 2.24) is 4.98 Å². The molecule has 0 saturated carbocycles. The highest BCUT2D eigenvalue weighted by Gasteiger charge is 2.34. The summed E-state index contributed by atoms with van der Waals surface area (Å²) in [7, 11) is 5.62. The van der Waals surface area contributed by atoms with Crippen LogP contribution in [0.5, 0.6) is 0 Å². The molecule has 2 rings (SSSR count). The normalized spacial score (nSPS) is 11.5. The second kappa shape index (κ2) is 5.93. The van der Waals surface area contributed by atoms with E-state index in [0.29, 0.717) is 11.7 Å². The number of rotatable bonds is 4. The monoisotopic (exact) mass is 315 g/mol. The van der Waals surface area contributed by atoms with Gasteiger partial charge in [-0.15, -0.1) is 11.3 Å². The molecule has 1 aromatic carbocycles. The van der Waals surface area contributed by atoms with Crippen LogP contribution < -0.4 is 9.80 Å². The molecule has 0 aliphatic heterocycles. The summed E-state index contributed by atoms with van der Waals surface area (Å²) in [5.41, 5.74) is 1.24. The Morgan fingerprint density at radius 2 is 1.90 bits per heavy atom. The average molecular weight is 315 g/mol. The van der Waals surface area contributed by atoms with Crippen LogP contribution in [0.25, 0.3) is 0 Å². The number of hydrogen-bond donors (Lipinski definition) is 0. The second-order valence-electron chi connectivity index (χ2n) is 4.93. The van der Waals surface area contributed by atoms with Crippen molar-refractivity contribution in [3.63, 3.8) is 0 Å². The fourth-order valence-electron chi connectivity index (χ4n) is 1.84. The zero-order chi connectivity index (χ0) is 15.6. The Hall–Kier alpha value is -1.76. The van der Waals surface area contributed by atoms with E-state index in [4.69, 9.17) is 0 Å². The van der Waals surface area contributed by atoms with Gasteiger partial charge in [0.05, 0.1) is 0 Å². The Bertz CT molecular complexity index is 608. The van der Waals surface area contributed by atoms with Crippen LogP contribution in [0, 0.1) is 0 Å². The molecule has 21 heavy (non-hydrogen) atoms. The predicted molar refractivity (Wildman–Crippen MR) is 80.0 cm³/mol. The summed E-state index contributed by atoms with van der Waals surface area (Å²) < 4.78 is 37.7. The van der Waals surface area contributed by atoms with Gasteiger partial charge in [-0.3, -0.25) is 0 Å². The summed E-state index contributed by atoms with van der Waals surface area (Å²) in [4.78, 5) is 7.34. The van der Waals surface area contributed by atoms with Gasteiger partial charge in [0, 0.05) is 38.8 Å². The SMILES string of the molecule is CN(C)c1cccc(CN(C)c2nc(C(F)(F)F)cs2)c1. The number of aromatic nitrogens is 1. The number of anilines is 2. The maximum atomic E-state index is 12.6. The Balaban J connectivity index is 2.12. The highest BCUT2D eigenvalue weighted by Crippen LogP contribution is 2.33. The minimum Gasteiger partial charge on any atom is -0.378 e. The molecule has 1 aromatic heterocycles. The van der Waals surface area contributed by atoms with Crippen LogP contribution in [0.2, 0.25) is 0 Å². The van der Waals surface area contributed by atoms with Gasteiger partial charge in [0.1, 0.15) is 0 Å². The van der Waals surface area contributed by atoms with E-state index in [2.05, 4.69) is 4.98 Å². The third kappa shape index (κ3) is 3.87. The maximum absolute atomic E-state index is 12.6. The van der Waals surface area contributed by atoms with Crippen molar-refractivity contribution in [2.45, 2.75) is 12.7 Å². The van der Waals surface area contributed by atoms with Gasteiger partial charge in [-0.2, -0.15) is 13.2 Å². The summed E-state index contributed by atoms with van der Waals surface area (Å²) >= 11 is 0.999. The highest BCUT2D eigenvalue weighted by atomic mass is 32.1. The van der Waals surface area contributed by atoms with Crippen molar-refractivity contribution in [2.24, 2.45) is 0 Å². The molecular weight excluding hydrogens is 299 g/mol. The topological polar surface area (TPSA) is 19.4 Å². The van der Waals surface area contributed by atoms with Gasteiger partial charge in [0.2, 0.25) is 0 Å². The summed E-state index contributed by atoms with van der Waals surface area (Å²) in [6.45, 7) is 0.506. The van der Waals surface area contributed by atoms with Crippen molar-refractivity contribution in [3.8, 4) is 0 Å². The zero-order valence-electron chi connectivity index (χ0n) is 12.0. The van der Waals surface area contributed by atoms with Crippen molar-refractivity contribution in [3.05, 3.63) is 40.9 Å². The molecule has 0 unspecified atom stereocenters. The summed E-state index contributed by atoms with van der Waals surface area (Å²) in [6.07, 6.45) is -4.39. The molecule has 3 nitrogen and oxygen atoms in total. The van der Waals surface area contributed by atoms with E-state index >= 15 is 0 Å². The Kier molecular flexibility index (Phi) is 4.41. The Labute approximate surface area is 125 Å². The molecule has 114 valence electrons. The van der Waals surface area contributed by atoms with Gasteiger partial charge in [-0.1, -0.05) is 12.1 Å². The molecule has 7 heteroatoms. The third-order valence-electron chi connectivity index (χ3n) is 2.96. The number of thiazole rings is 1. The molecule has 0 bridgehead atoms. The van der Waals surface area contributed by atoms with Crippen molar-refractivity contribution in [2.75, 3.05) is 30.9 Å². The van der Waals surface area contributed by atoms with Crippen molar-refractivity contribution >= 4 is 22.2 Å². The fraction of sp³-hybridized carbons (Fsp3) is 0.357. The van der Waals surface area contributed by atoms with E-state index in [1.54, 1.807) is 11.9 Å². The molecular formula is C14H16F3N3S. The van der Waals surface area contributed by atoms with E-state index < -0.39 is 11.9 Å². The molecule has 0 spiro atoms. The van der Waals surface area contributed by atoms with Crippen LogP contribution in [-0.4, -0.2) is 26.1 Å². The van der Waals surface area contributed by atoms with E-state index in [9.17, 15) is 13.2 Å². The van der Waals surface area contributed by atoms with Gasteiger partial charge in [-0.05, 0) is 17.7 Å². The molecule has 0 fully saturated rings. The number of hydrogen-bond acceptors (Lipinski definition) is 4. The second-order valence-corrected chi connectivity index (χ2v) is 5.77. The Morgan fingerprint density at radius 3 is 2.48 bits per heavy atom. The molecule has 0 radical (unpaired) electrons. The van der Waals surface area contributed by atoms with E-state index in [1.807, 2.05) is 43.3 Å². The molecule has 0 atom stereocenters. The van der Waals surface area contributed by atoms with E-state index in [0.717, 1.165) is 28.0 Å². The largest absolute Gasteiger partial charge is 0.434 e. The van der Waals surface area contributed by atoms with Crippen LogP contribution >= 0.6 is 11.3 Å². The van der Waals surface area contributed by atoms with Gasteiger partial charge < -0.3 is 9.80 Å². The van der Waals surface area contributed by atoms with Crippen LogP contribution in [0.1, 0.15) is 11.3 Å². The van der Waals surface area contributed by atoms with Crippen LogP contribution in [-0.2, 0) is 12.7 Å². The van der Waals surface area contributed by atoms with Crippen LogP contribution in [0.3, 0.4) is 0 Å². The lowest BCUT2D eigenvalue weighted by Gasteiger charge is -2.18. The number of alkyl halides is 3. The summed E-state index contributed by atoms with van der Waals surface area (Å²) in [5.74, 6) is 0. The minimum absolute atomic E-state index is 0.359. The smallest absolute Gasteiger partial charge is 0.378 e. The first kappa shape index (κ1) is 15.6. The third-order valence-corrected chi connectivity index (χ3v) is 3.91. The van der Waals surface area contributed by atoms with Crippen molar-refractivity contribution in [1.29, 1.82) is 0 Å².